The topological polar surface area (TPSA) is 46.5 Å². The van der Waals surface area contributed by atoms with E-state index in [0.29, 0.717) is 5.56 Å². The van der Waals surface area contributed by atoms with Gasteiger partial charge in [-0.25, -0.2) is 0 Å². The standard InChI is InChI=1S/C10H7F6NO2S/c1-6-2-4-7(5-3-6)20(18,19)17-8(9(11,12)13)10(14,15)16/h2-5H,1H3. The molecule has 0 spiro atoms. The Morgan fingerprint density at radius 1 is 0.950 bits per heavy atom. The Kier molecular flexibility index (Phi) is 4.18. The minimum Gasteiger partial charge on any atom is -0.199 e. The molecule has 0 unspecified atom stereocenters. The maximum Gasteiger partial charge on any atom is 0.439 e. The van der Waals surface area contributed by atoms with Crippen molar-refractivity contribution in [2.45, 2.75) is 24.2 Å². The number of nitrogens with zero attached hydrogens (tertiary/aromatic N) is 1. The van der Waals surface area contributed by atoms with Crippen molar-refractivity contribution in [3.63, 3.8) is 0 Å². The molecular weight excluding hydrogens is 312 g/mol. The average Bonchev–Trinajstić information content (AvgIpc) is 2.23. The van der Waals surface area contributed by atoms with Crippen molar-refractivity contribution in [1.82, 2.24) is 0 Å². The van der Waals surface area contributed by atoms with Crippen LogP contribution in [0.4, 0.5) is 26.3 Å². The molecule has 0 aliphatic rings. The number of aryl methyl sites for hydroxylation is 1. The molecule has 0 aliphatic carbocycles. The Morgan fingerprint density at radius 3 is 1.70 bits per heavy atom. The van der Waals surface area contributed by atoms with E-state index in [9.17, 15) is 34.8 Å². The Bertz CT molecular complexity index is 597. The van der Waals surface area contributed by atoms with Gasteiger partial charge in [-0.1, -0.05) is 17.7 Å². The highest BCUT2D eigenvalue weighted by atomic mass is 32.2. The highest BCUT2D eigenvalue weighted by Crippen LogP contribution is 2.31. The summed E-state index contributed by atoms with van der Waals surface area (Å²) in [5, 5.41) is 0. The third-order valence-electron chi connectivity index (χ3n) is 2.07. The van der Waals surface area contributed by atoms with Gasteiger partial charge in [0.05, 0.1) is 4.90 Å². The predicted octanol–water partition coefficient (Wildman–Crippen LogP) is 3.25. The quantitative estimate of drug-likeness (QED) is 0.620. The molecule has 0 N–H and O–H groups in total. The number of alkyl halides is 6. The average molecular weight is 319 g/mol. The van der Waals surface area contributed by atoms with E-state index >= 15 is 0 Å². The molecule has 0 saturated heterocycles. The van der Waals surface area contributed by atoms with Crippen LogP contribution in [0.15, 0.2) is 33.6 Å². The first-order valence-electron chi connectivity index (χ1n) is 4.90. The number of halogens is 6. The Hall–Kier alpha value is -1.58. The lowest BCUT2D eigenvalue weighted by atomic mass is 10.2. The first-order valence-corrected chi connectivity index (χ1v) is 6.34. The summed E-state index contributed by atoms with van der Waals surface area (Å²) in [6, 6.07) is 4.20. The normalized spacial score (nSPS) is 13.2. The lowest BCUT2D eigenvalue weighted by Gasteiger charge is -2.13. The van der Waals surface area contributed by atoms with Gasteiger partial charge in [0.2, 0.25) is 5.71 Å². The van der Waals surface area contributed by atoms with Crippen LogP contribution in [-0.2, 0) is 10.0 Å². The number of hydrogen-bond donors (Lipinski definition) is 0. The molecule has 0 amide bonds. The molecule has 0 aromatic heterocycles. The summed E-state index contributed by atoms with van der Waals surface area (Å²) in [6.07, 6.45) is -11.8. The minimum absolute atomic E-state index is 0.583. The summed E-state index contributed by atoms with van der Waals surface area (Å²) in [4.78, 5) is -0.755. The monoisotopic (exact) mass is 319 g/mol. The van der Waals surface area contributed by atoms with Gasteiger partial charge in [-0.15, -0.1) is 4.40 Å². The van der Waals surface area contributed by atoms with Crippen LogP contribution in [0.1, 0.15) is 5.56 Å². The van der Waals surface area contributed by atoms with Crippen molar-refractivity contribution >= 4 is 15.7 Å². The van der Waals surface area contributed by atoms with E-state index in [1.165, 1.54) is 12.1 Å². The van der Waals surface area contributed by atoms with Crippen LogP contribution in [0, 0.1) is 6.92 Å². The molecule has 1 aromatic rings. The molecule has 112 valence electrons. The Labute approximate surface area is 110 Å². The van der Waals surface area contributed by atoms with E-state index in [1.807, 2.05) is 4.40 Å². The lowest BCUT2D eigenvalue weighted by molar-refractivity contribution is -0.117. The largest absolute Gasteiger partial charge is 0.439 e. The summed E-state index contributed by atoms with van der Waals surface area (Å²) in [6.45, 7) is 1.57. The van der Waals surface area contributed by atoms with Crippen LogP contribution in [0.2, 0.25) is 0 Å². The second-order valence-corrected chi connectivity index (χ2v) is 5.33. The Morgan fingerprint density at radius 2 is 1.35 bits per heavy atom. The van der Waals surface area contributed by atoms with Gasteiger partial charge in [0.1, 0.15) is 0 Å². The summed E-state index contributed by atoms with van der Waals surface area (Å²) in [7, 11) is -5.09. The van der Waals surface area contributed by atoms with E-state index in [-0.39, 0.29) is 0 Å². The van der Waals surface area contributed by atoms with Crippen molar-refractivity contribution in [2.24, 2.45) is 4.40 Å². The third kappa shape index (κ3) is 3.95. The molecule has 0 aliphatic heterocycles. The van der Waals surface area contributed by atoms with E-state index < -0.39 is 33.0 Å². The van der Waals surface area contributed by atoms with Crippen LogP contribution >= 0.6 is 0 Å². The number of hydrogen-bond acceptors (Lipinski definition) is 2. The van der Waals surface area contributed by atoms with Crippen LogP contribution in [0.25, 0.3) is 0 Å². The Balaban J connectivity index is 3.40. The molecular formula is C10H7F6NO2S. The zero-order valence-electron chi connectivity index (χ0n) is 9.75. The third-order valence-corrected chi connectivity index (χ3v) is 3.36. The van der Waals surface area contributed by atoms with Crippen molar-refractivity contribution in [3.8, 4) is 0 Å². The van der Waals surface area contributed by atoms with Crippen molar-refractivity contribution in [1.29, 1.82) is 0 Å². The van der Waals surface area contributed by atoms with Crippen molar-refractivity contribution in [3.05, 3.63) is 29.8 Å². The van der Waals surface area contributed by atoms with Crippen molar-refractivity contribution < 1.29 is 34.8 Å². The van der Waals surface area contributed by atoms with Gasteiger partial charge < -0.3 is 0 Å². The summed E-state index contributed by atoms with van der Waals surface area (Å²) in [5.74, 6) is 0. The van der Waals surface area contributed by atoms with Crippen LogP contribution in [-0.4, -0.2) is 26.5 Å². The molecule has 0 saturated carbocycles. The number of rotatable bonds is 2. The van der Waals surface area contributed by atoms with Gasteiger partial charge in [0.25, 0.3) is 10.0 Å². The summed E-state index contributed by atoms with van der Waals surface area (Å²) >= 11 is 0. The summed E-state index contributed by atoms with van der Waals surface area (Å²) < 4.78 is 98.1. The fourth-order valence-corrected chi connectivity index (χ4v) is 2.18. The molecule has 0 radical (unpaired) electrons. The van der Waals surface area contributed by atoms with E-state index in [2.05, 4.69) is 0 Å². The maximum absolute atomic E-state index is 12.2. The highest BCUT2D eigenvalue weighted by molar-refractivity contribution is 7.90. The SMILES string of the molecule is Cc1ccc(S(=O)(=O)N=C(C(F)(F)F)C(F)(F)F)cc1. The first kappa shape index (κ1) is 16.5. The zero-order valence-corrected chi connectivity index (χ0v) is 10.6. The lowest BCUT2D eigenvalue weighted by Crippen LogP contribution is -2.37. The fraction of sp³-hybridized carbons (Fsp3) is 0.300. The minimum atomic E-state index is -5.92. The predicted molar refractivity (Wildman–Crippen MR) is 57.9 cm³/mol. The van der Waals surface area contributed by atoms with E-state index in [4.69, 9.17) is 0 Å². The van der Waals surface area contributed by atoms with E-state index in [0.717, 1.165) is 12.1 Å². The second-order valence-electron chi connectivity index (χ2n) is 3.72. The van der Waals surface area contributed by atoms with Crippen LogP contribution < -0.4 is 0 Å². The molecule has 10 heteroatoms. The zero-order chi connectivity index (χ0) is 15.8. The first-order chi connectivity index (χ1) is 8.84. The van der Waals surface area contributed by atoms with E-state index in [1.54, 1.807) is 6.92 Å². The molecule has 20 heavy (non-hydrogen) atoms. The van der Waals surface area contributed by atoms with Crippen molar-refractivity contribution in [2.75, 3.05) is 0 Å². The molecule has 0 heterocycles. The molecule has 0 atom stereocenters. The van der Waals surface area contributed by atoms with Crippen LogP contribution in [0.5, 0.6) is 0 Å². The molecule has 0 fully saturated rings. The van der Waals surface area contributed by atoms with Gasteiger partial charge in [-0.2, -0.15) is 34.8 Å². The highest BCUT2D eigenvalue weighted by Gasteiger charge is 2.54. The fourth-order valence-electron chi connectivity index (χ4n) is 1.15. The summed E-state index contributed by atoms with van der Waals surface area (Å²) in [5.41, 5.74) is -2.73. The van der Waals surface area contributed by atoms with Gasteiger partial charge in [0.15, 0.2) is 0 Å². The molecule has 3 nitrogen and oxygen atoms in total. The van der Waals surface area contributed by atoms with Gasteiger partial charge >= 0.3 is 12.4 Å². The van der Waals surface area contributed by atoms with Crippen LogP contribution in [0.3, 0.4) is 0 Å². The van der Waals surface area contributed by atoms with Gasteiger partial charge in [-0.05, 0) is 19.1 Å². The van der Waals surface area contributed by atoms with Gasteiger partial charge in [-0.3, -0.25) is 0 Å². The molecule has 0 bridgehead atoms. The number of benzene rings is 1. The smallest absolute Gasteiger partial charge is 0.199 e. The molecule has 1 rings (SSSR count). The number of sulfonamides is 1. The van der Waals surface area contributed by atoms with Gasteiger partial charge in [0, 0.05) is 0 Å². The second kappa shape index (κ2) is 5.08. The maximum atomic E-state index is 12.2. The molecule has 1 aromatic carbocycles.